The predicted octanol–water partition coefficient (Wildman–Crippen LogP) is 4.42. The second-order valence-corrected chi connectivity index (χ2v) is 6.10. The molecule has 2 heterocycles. The maximum atomic E-state index is 13.1. The highest BCUT2D eigenvalue weighted by molar-refractivity contribution is 7.98. The number of halogens is 1. The van der Waals surface area contributed by atoms with E-state index >= 15 is 0 Å². The van der Waals surface area contributed by atoms with Crippen LogP contribution in [0, 0.1) is 5.82 Å². The van der Waals surface area contributed by atoms with Crippen molar-refractivity contribution in [2.45, 2.75) is 5.03 Å². The van der Waals surface area contributed by atoms with Gasteiger partial charge in [0.1, 0.15) is 23.0 Å². The number of thioether (sulfide) groups is 1. The molecule has 0 saturated carbocycles. The summed E-state index contributed by atoms with van der Waals surface area (Å²) in [5.41, 5.74) is 2.40. The SMILES string of the molecule is CSc1nn(-c2ccccc2)c2ncnc(Nc3ccc(F)cc3)c12. The van der Waals surface area contributed by atoms with Gasteiger partial charge in [0, 0.05) is 5.69 Å². The van der Waals surface area contributed by atoms with Crippen LogP contribution in [0.15, 0.2) is 66.0 Å². The lowest BCUT2D eigenvalue weighted by atomic mass is 10.3. The lowest BCUT2D eigenvalue weighted by Crippen LogP contribution is -1.99. The van der Waals surface area contributed by atoms with E-state index in [1.165, 1.54) is 30.2 Å². The number of rotatable bonds is 4. The Kier molecular flexibility index (Phi) is 4.07. The monoisotopic (exact) mass is 351 g/mol. The molecule has 2 aromatic carbocycles. The largest absolute Gasteiger partial charge is 0.339 e. The van der Waals surface area contributed by atoms with Gasteiger partial charge < -0.3 is 5.32 Å². The molecule has 25 heavy (non-hydrogen) atoms. The number of benzene rings is 2. The number of nitrogens with one attached hydrogen (secondary N) is 1. The molecule has 0 amide bonds. The molecule has 5 nitrogen and oxygen atoms in total. The zero-order valence-electron chi connectivity index (χ0n) is 13.3. The Hall–Kier alpha value is -2.93. The molecule has 0 spiro atoms. The average Bonchev–Trinajstić information content (AvgIpc) is 3.04. The molecule has 4 rings (SSSR count). The summed E-state index contributed by atoms with van der Waals surface area (Å²) in [7, 11) is 0. The summed E-state index contributed by atoms with van der Waals surface area (Å²) in [6.45, 7) is 0. The summed E-state index contributed by atoms with van der Waals surface area (Å²) in [6.07, 6.45) is 3.46. The maximum Gasteiger partial charge on any atom is 0.169 e. The van der Waals surface area contributed by atoms with Gasteiger partial charge in [-0.15, -0.1) is 11.8 Å². The smallest absolute Gasteiger partial charge is 0.169 e. The normalized spacial score (nSPS) is 11.0. The van der Waals surface area contributed by atoms with Gasteiger partial charge in [0.2, 0.25) is 0 Å². The minimum Gasteiger partial charge on any atom is -0.339 e. The second-order valence-electron chi connectivity index (χ2n) is 5.31. The average molecular weight is 351 g/mol. The van der Waals surface area contributed by atoms with Crippen molar-refractivity contribution in [2.75, 3.05) is 11.6 Å². The molecule has 0 aliphatic carbocycles. The standard InChI is InChI=1S/C18H14FN5S/c1-25-18-15-16(22-13-9-7-12(19)8-10-13)20-11-21-17(15)24(23-18)14-5-3-2-4-6-14/h2-11H,1H3,(H,20,21,22). The van der Waals surface area contributed by atoms with Crippen LogP contribution in [0.2, 0.25) is 0 Å². The predicted molar refractivity (Wildman–Crippen MR) is 98.1 cm³/mol. The zero-order chi connectivity index (χ0) is 17.2. The molecule has 0 atom stereocenters. The first-order chi connectivity index (χ1) is 12.3. The van der Waals surface area contributed by atoms with E-state index in [0.717, 1.165) is 27.4 Å². The van der Waals surface area contributed by atoms with Gasteiger partial charge in [-0.3, -0.25) is 0 Å². The minimum atomic E-state index is -0.278. The highest BCUT2D eigenvalue weighted by atomic mass is 32.2. The van der Waals surface area contributed by atoms with Gasteiger partial charge in [-0.2, -0.15) is 5.10 Å². The van der Waals surface area contributed by atoms with Crippen LogP contribution in [0.25, 0.3) is 16.7 Å². The number of hydrogen-bond donors (Lipinski definition) is 1. The molecule has 0 aliphatic heterocycles. The van der Waals surface area contributed by atoms with Crippen LogP contribution in [-0.4, -0.2) is 26.0 Å². The first kappa shape index (κ1) is 15.6. The molecule has 0 radical (unpaired) electrons. The lowest BCUT2D eigenvalue weighted by Gasteiger charge is -2.07. The minimum absolute atomic E-state index is 0.278. The van der Waals surface area contributed by atoms with E-state index in [1.54, 1.807) is 16.8 Å². The number of anilines is 2. The maximum absolute atomic E-state index is 13.1. The van der Waals surface area contributed by atoms with E-state index in [2.05, 4.69) is 20.4 Å². The summed E-state index contributed by atoms with van der Waals surface area (Å²) >= 11 is 1.53. The Morgan fingerprint density at radius 2 is 1.76 bits per heavy atom. The van der Waals surface area contributed by atoms with Crippen molar-refractivity contribution in [3.8, 4) is 5.69 Å². The van der Waals surface area contributed by atoms with Gasteiger partial charge in [-0.25, -0.2) is 19.0 Å². The van der Waals surface area contributed by atoms with Crippen LogP contribution in [0.5, 0.6) is 0 Å². The Labute approximate surface area is 147 Å². The number of hydrogen-bond acceptors (Lipinski definition) is 5. The number of nitrogens with zero attached hydrogens (tertiary/aromatic N) is 4. The number of aromatic nitrogens is 4. The molecular formula is C18H14FN5S. The molecule has 0 fully saturated rings. The fourth-order valence-electron chi connectivity index (χ4n) is 2.58. The highest BCUT2D eigenvalue weighted by Gasteiger charge is 2.17. The first-order valence-electron chi connectivity index (χ1n) is 7.62. The molecule has 2 aromatic heterocycles. The molecular weight excluding hydrogens is 337 g/mol. The third-order valence-corrected chi connectivity index (χ3v) is 4.41. The highest BCUT2D eigenvalue weighted by Crippen LogP contribution is 2.32. The summed E-state index contributed by atoms with van der Waals surface area (Å²) in [6, 6.07) is 16.0. The third kappa shape index (κ3) is 2.94. The summed E-state index contributed by atoms with van der Waals surface area (Å²) in [5.74, 6) is 0.364. The van der Waals surface area contributed by atoms with Crippen molar-refractivity contribution < 1.29 is 4.39 Å². The van der Waals surface area contributed by atoms with Gasteiger partial charge in [-0.05, 0) is 42.7 Å². The molecule has 1 N–H and O–H groups in total. The molecule has 4 aromatic rings. The fraction of sp³-hybridized carbons (Fsp3) is 0.0556. The first-order valence-corrected chi connectivity index (χ1v) is 8.84. The number of para-hydroxylation sites is 1. The van der Waals surface area contributed by atoms with Crippen LogP contribution in [0.1, 0.15) is 0 Å². The molecule has 124 valence electrons. The van der Waals surface area contributed by atoms with E-state index in [-0.39, 0.29) is 5.82 Å². The topological polar surface area (TPSA) is 55.6 Å². The van der Waals surface area contributed by atoms with Gasteiger partial charge in [0.05, 0.1) is 11.1 Å². The van der Waals surface area contributed by atoms with Crippen molar-refractivity contribution in [3.05, 3.63) is 66.7 Å². The van der Waals surface area contributed by atoms with Crippen LogP contribution >= 0.6 is 11.8 Å². The van der Waals surface area contributed by atoms with Crippen molar-refractivity contribution in [3.63, 3.8) is 0 Å². The van der Waals surface area contributed by atoms with Gasteiger partial charge >= 0.3 is 0 Å². The molecule has 0 bridgehead atoms. The number of fused-ring (bicyclic) bond motifs is 1. The van der Waals surface area contributed by atoms with Crippen LogP contribution in [0.3, 0.4) is 0 Å². The van der Waals surface area contributed by atoms with Crippen LogP contribution in [0.4, 0.5) is 15.9 Å². The summed E-state index contributed by atoms with van der Waals surface area (Å²) in [4.78, 5) is 8.78. The van der Waals surface area contributed by atoms with Gasteiger partial charge in [-0.1, -0.05) is 18.2 Å². The van der Waals surface area contributed by atoms with E-state index in [1.807, 2.05) is 36.6 Å². The summed E-state index contributed by atoms with van der Waals surface area (Å²) in [5, 5.41) is 9.56. The van der Waals surface area contributed by atoms with Crippen LogP contribution < -0.4 is 5.32 Å². The van der Waals surface area contributed by atoms with E-state index in [4.69, 9.17) is 0 Å². The van der Waals surface area contributed by atoms with Crippen molar-refractivity contribution in [1.82, 2.24) is 19.7 Å². The molecule has 0 unspecified atom stereocenters. The molecule has 0 saturated heterocycles. The van der Waals surface area contributed by atoms with Crippen LogP contribution in [-0.2, 0) is 0 Å². The van der Waals surface area contributed by atoms with E-state index < -0.39 is 0 Å². The van der Waals surface area contributed by atoms with E-state index in [9.17, 15) is 4.39 Å². The summed E-state index contributed by atoms with van der Waals surface area (Å²) < 4.78 is 14.9. The Morgan fingerprint density at radius 3 is 2.48 bits per heavy atom. The lowest BCUT2D eigenvalue weighted by molar-refractivity contribution is 0.628. The molecule has 7 heteroatoms. The van der Waals surface area contributed by atoms with Crippen molar-refractivity contribution >= 4 is 34.3 Å². The van der Waals surface area contributed by atoms with Crippen molar-refractivity contribution in [1.29, 1.82) is 0 Å². The van der Waals surface area contributed by atoms with Gasteiger partial charge in [0.25, 0.3) is 0 Å². The Balaban J connectivity index is 1.86. The Morgan fingerprint density at radius 1 is 1.00 bits per heavy atom. The van der Waals surface area contributed by atoms with E-state index in [0.29, 0.717) is 5.82 Å². The quantitative estimate of drug-likeness (QED) is 0.552. The molecule has 0 aliphatic rings. The Bertz CT molecular complexity index is 1020. The fourth-order valence-corrected chi connectivity index (χ4v) is 3.13. The van der Waals surface area contributed by atoms with Crippen molar-refractivity contribution in [2.24, 2.45) is 0 Å². The van der Waals surface area contributed by atoms with Gasteiger partial charge in [0.15, 0.2) is 5.65 Å². The second kappa shape index (κ2) is 6.52. The zero-order valence-corrected chi connectivity index (χ0v) is 14.2. The third-order valence-electron chi connectivity index (χ3n) is 3.73.